The maximum atomic E-state index is 12.6. The summed E-state index contributed by atoms with van der Waals surface area (Å²) in [5.74, 6) is 0.706. The van der Waals surface area contributed by atoms with E-state index in [1.54, 1.807) is 41.9 Å². The molecule has 1 heterocycles. The van der Waals surface area contributed by atoms with Gasteiger partial charge in [0.2, 0.25) is 5.91 Å². The van der Waals surface area contributed by atoms with Crippen molar-refractivity contribution >= 4 is 35.0 Å². The molecular formula is C18H19N3O2S. The Kier molecular flexibility index (Phi) is 5.05. The van der Waals surface area contributed by atoms with Crippen LogP contribution >= 0.6 is 11.8 Å². The highest BCUT2D eigenvalue weighted by Gasteiger charge is 2.22. The summed E-state index contributed by atoms with van der Waals surface area (Å²) in [7, 11) is 1.59. The molecular weight excluding hydrogens is 322 g/mol. The summed E-state index contributed by atoms with van der Waals surface area (Å²) in [5.41, 5.74) is 2.15. The number of carbonyl (C=O) groups excluding carboxylic acids is 2. The van der Waals surface area contributed by atoms with Crippen molar-refractivity contribution in [3.8, 4) is 0 Å². The van der Waals surface area contributed by atoms with Gasteiger partial charge >= 0.3 is 0 Å². The van der Waals surface area contributed by atoms with Crippen molar-refractivity contribution in [2.24, 2.45) is 0 Å². The van der Waals surface area contributed by atoms with Crippen LogP contribution in [0.5, 0.6) is 0 Å². The van der Waals surface area contributed by atoms with Gasteiger partial charge in [-0.1, -0.05) is 24.3 Å². The molecule has 2 aromatic carbocycles. The summed E-state index contributed by atoms with van der Waals surface area (Å²) in [6.45, 7) is 0.840. The fourth-order valence-corrected chi connectivity index (χ4v) is 3.66. The Hall–Kier alpha value is -2.47. The van der Waals surface area contributed by atoms with Crippen LogP contribution in [0.1, 0.15) is 10.4 Å². The number of carbonyl (C=O) groups is 2. The Morgan fingerprint density at radius 1 is 1.12 bits per heavy atom. The summed E-state index contributed by atoms with van der Waals surface area (Å²) in [6, 6.07) is 15.1. The lowest BCUT2D eigenvalue weighted by molar-refractivity contribution is -0.117. The van der Waals surface area contributed by atoms with Crippen LogP contribution in [0.3, 0.4) is 0 Å². The van der Waals surface area contributed by atoms with E-state index in [-0.39, 0.29) is 18.4 Å². The zero-order valence-corrected chi connectivity index (χ0v) is 14.2. The van der Waals surface area contributed by atoms with Gasteiger partial charge in [0.1, 0.15) is 0 Å². The Balaban J connectivity index is 1.73. The first-order chi connectivity index (χ1) is 11.7. The van der Waals surface area contributed by atoms with Gasteiger partial charge in [-0.05, 0) is 24.3 Å². The summed E-state index contributed by atoms with van der Waals surface area (Å²) in [4.78, 5) is 27.5. The van der Waals surface area contributed by atoms with Crippen molar-refractivity contribution in [3.05, 3.63) is 54.1 Å². The van der Waals surface area contributed by atoms with Crippen molar-refractivity contribution < 1.29 is 9.59 Å². The molecule has 2 amide bonds. The molecule has 24 heavy (non-hydrogen) atoms. The van der Waals surface area contributed by atoms with Crippen molar-refractivity contribution in [1.82, 2.24) is 5.32 Å². The summed E-state index contributed by atoms with van der Waals surface area (Å²) < 4.78 is 0. The third-order valence-electron chi connectivity index (χ3n) is 3.86. The lowest BCUT2D eigenvalue weighted by Gasteiger charge is -2.29. The topological polar surface area (TPSA) is 61.4 Å². The van der Waals surface area contributed by atoms with Gasteiger partial charge in [-0.3, -0.25) is 9.59 Å². The third kappa shape index (κ3) is 3.38. The first kappa shape index (κ1) is 16.4. The van der Waals surface area contributed by atoms with E-state index in [2.05, 4.69) is 10.6 Å². The molecule has 0 atom stereocenters. The average molecular weight is 341 g/mol. The fourth-order valence-electron chi connectivity index (χ4n) is 2.66. The molecule has 6 heteroatoms. The van der Waals surface area contributed by atoms with Gasteiger partial charge in [0.25, 0.3) is 5.91 Å². The molecule has 5 nitrogen and oxygen atoms in total. The van der Waals surface area contributed by atoms with E-state index in [1.165, 1.54) is 0 Å². The van der Waals surface area contributed by atoms with E-state index in [1.807, 2.05) is 30.3 Å². The second-order valence-electron chi connectivity index (χ2n) is 5.34. The van der Waals surface area contributed by atoms with E-state index in [0.717, 1.165) is 16.3 Å². The maximum Gasteiger partial charge on any atom is 0.253 e. The molecule has 0 bridgehead atoms. The number of hydrogen-bond donors (Lipinski definition) is 2. The number of fused-ring (bicyclic) bond motifs is 1. The van der Waals surface area contributed by atoms with Crippen LogP contribution < -0.4 is 15.5 Å². The molecule has 0 saturated carbocycles. The highest BCUT2D eigenvalue weighted by molar-refractivity contribution is 7.99. The van der Waals surface area contributed by atoms with E-state index >= 15 is 0 Å². The van der Waals surface area contributed by atoms with E-state index in [4.69, 9.17) is 0 Å². The predicted molar refractivity (Wildman–Crippen MR) is 97.8 cm³/mol. The molecule has 2 aromatic rings. The molecule has 0 spiro atoms. The van der Waals surface area contributed by atoms with Crippen LogP contribution in [0.2, 0.25) is 0 Å². The van der Waals surface area contributed by atoms with Crippen molar-refractivity contribution in [2.45, 2.75) is 4.90 Å². The minimum atomic E-state index is -0.176. The van der Waals surface area contributed by atoms with Crippen LogP contribution in [0.25, 0.3) is 0 Å². The number of thioether (sulfide) groups is 1. The Labute approximate surface area is 145 Å². The number of nitrogens with zero attached hydrogens (tertiary/aromatic N) is 1. The standard InChI is InChI=1S/C18H19N3O2S/c1-19-18(23)13-6-2-3-7-14(13)20-12-17(22)21-10-11-24-16-9-5-4-8-15(16)21/h2-9,20H,10-12H2,1H3,(H,19,23). The first-order valence-electron chi connectivity index (χ1n) is 7.78. The highest BCUT2D eigenvalue weighted by Crippen LogP contribution is 2.34. The van der Waals surface area contributed by atoms with Gasteiger partial charge in [0, 0.05) is 29.9 Å². The van der Waals surface area contributed by atoms with Crippen LogP contribution in [-0.4, -0.2) is 37.7 Å². The van der Waals surface area contributed by atoms with Crippen LogP contribution in [0, 0.1) is 0 Å². The number of nitrogens with one attached hydrogen (secondary N) is 2. The molecule has 0 fully saturated rings. The second kappa shape index (κ2) is 7.40. The number of hydrogen-bond acceptors (Lipinski definition) is 4. The van der Waals surface area contributed by atoms with Crippen molar-refractivity contribution in [1.29, 1.82) is 0 Å². The van der Waals surface area contributed by atoms with Crippen molar-refractivity contribution in [3.63, 3.8) is 0 Å². The number of benzene rings is 2. The number of rotatable bonds is 4. The molecule has 0 saturated heterocycles. The summed E-state index contributed by atoms with van der Waals surface area (Å²) >= 11 is 1.77. The zero-order chi connectivity index (χ0) is 16.9. The van der Waals surface area contributed by atoms with E-state index in [9.17, 15) is 9.59 Å². The zero-order valence-electron chi connectivity index (χ0n) is 13.4. The quantitative estimate of drug-likeness (QED) is 0.897. The SMILES string of the molecule is CNC(=O)c1ccccc1NCC(=O)N1CCSc2ccccc21. The lowest BCUT2D eigenvalue weighted by Crippen LogP contribution is -2.39. The Morgan fingerprint density at radius 2 is 1.88 bits per heavy atom. The molecule has 124 valence electrons. The Morgan fingerprint density at radius 3 is 2.71 bits per heavy atom. The van der Waals surface area contributed by atoms with E-state index < -0.39 is 0 Å². The molecule has 3 rings (SSSR count). The van der Waals surface area contributed by atoms with Gasteiger partial charge < -0.3 is 15.5 Å². The largest absolute Gasteiger partial charge is 0.375 e. The monoisotopic (exact) mass is 341 g/mol. The second-order valence-corrected chi connectivity index (χ2v) is 6.48. The van der Waals surface area contributed by atoms with Gasteiger partial charge in [0.15, 0.2) is 0 Å². The number of para-hydroxylation sites is 2. The van der Waals surface area contributed by atoms with Crippen LogP contribution in [-0.2, 0) is 4.79 Å². The van der Waals surface area contributed by atoms with Gasteiger partial charge in [-0.2, -0.15) is 0 Å². The number of amides is 2. The summed E-state index contributed by atoms with van der Waals surface area (Å²) in [5, 5.41) is 5.71. The molecule has 1 aliphatic heterocycles. The molecule has 0 aliphatic carbocycles. The molecule has 0 unspecified atom stereocenters. The molecule has 0 aromatic heterocycles. The van der Waals surface area contributed by atoms with Crippen LogP contribution in [0.4, 0.5) is 11.4 Å². The van der Waals surface area contributed by atoms with Gasteiger partial charge in [-0.25, -0.2) is 0 Å². The fraction of sp³-hybridized carbons (Fsp3) is 0.222. The highest BCUT2D eigenvalue weighted by atomic mass is 32.2. The number of anilines is 2. The predicted octanol–water partition coefficient (Wildman–Crippen LogP) is 2.60. The van der Waals surface area contributed by atoms with Gasteiger partial charge in [-0.15, -0.1) is 11.8 Å². The normalized spacial score (nSPS) is 13.1. The lowest BCUT2D eigenvalue weighted by atomic mass is 10.1. The van der Waals surface area contributed by atoms with Gasteiger partial charge in [0.05, 0.1) is 17.8 Å². The minimum absolute atomic E-state index is 0.00513. The summed E-state index contributed by atoms with van der Waals surface area (Å²) in [6.07, 6.45) is 0. The Bertz CT molecular complexity index is 763. The average Bonchev–Trinajstić information content (AvgIpc) is 2.65. The molecule has 2 N–H and O–H groups in total. The van der Waals surface area contributed by atoms with E-state index in [0.29, 0.717) is 17.8 Å². The van der Waals surface area contributed by atoms with Crippen LogP contribution in [0.15, 0.2) is 53.4 Å². The first-order valence-corrected chi connectivity index (χ1v) is 8.76. The molecule has 0 radical (unpaired) electrons. The van der Waals surface area contributed by atoms with Crippen molar-refractivity contribution in [2.75, 3.05) is 36.1 Å². The maximum absolute atomic E-state index is 12.6. The molecule has 1 aliphatic rings. The minimum Gasteiger partial charge on any atom is -0.375 e. The third-order valence-corrected chi connectivity index (χ3v) is 4.90. The smallest absolute Gasteiger partial charge is 0.253 e.